The molecule has 0 unspecified atom stereocenters. The summed E-state index contributed by atoms with van der Waals surface area (Å²) in [5, 5.41) is 0. The van der Waals surface area contributed by atoms with Crippen LogP contribution in [0.15, 0.2) is 30.6 Å². The first-order valence-corrected chi connectivity index (χ1v) is 6.56. The Balaban J connectivity index is 2.30. The minimum atomic E-state index is -4.70. The Kier molecular flexibility index (Phi) is 4.81. The Hall–Kier alpha value is -2.35. The molecule has 118 valence electrons. The van der Waals surface area contributed by atoms with Crippen LogP contribution in [-0.2, 0) is 6.42 Å². The van der Waals surface area contributed by atoms with Crippen LogP contribution in [0.3, 0.4) is 0 Å². The van der Waals surface area contributed by atoms with Crippen LogP contribution in [0.2, 0.25) is 0 Å². The summed E-state index contributed by atoms with van der Waals surface area (Å²) in [5.74, 6) is 0.302. The topological polar surface area (TPSA) is 59.1 Å². The van der Waals surface area contributed by atoms with Crippen LogP contribution in [0.5, 0.6) is 5.75 Å². The minimum absolute atomic E-state index is 0.241. The largest absolute Gasteiger partial charge is 0.573 e. The molecule has 2 rings (SSSR count). The van der Waals surface area contributed by atoms with Crippen molar-refractivity contribution in [1.82, 2.24) is 15.4 Å². The van der Waals surface area contributed by atoms with E-state index >= 15 is 0 Å². The highest BCUT2D eigenvalue weighted by Gasteiger charge is 2.31. The molecule has 1 aromatic carbocycles. The van der Waals surface area contributed by atoms with Crippen molar-refractivity contribution in [3.8, 4) is 17.0 Å². The Morgan fingerprint density at radius 3 is 2.50 bits per heavy atom. The minimum Gasteiger partial charge on any atom is -0.406 e. The van der Waals surface area contributed by atoms with Crippen LogP contribution in [-0.4, -0.2) is 23.4 Å². The average Bonchev–Trinajstić information content (AvgIpc) is 2.47. The molecular weight excluding hydrogens is 297 g/mol. The van der Waals surface area contributed by atoms with Crippen LogP contribution in [0.4, 0.5) is 19.0 Å². The molecule has 0 saturated heterocycles. The standard InChI is InChI=1S/C14H15F3N4O/c1-3-9-6-10(22-14(15,16)17)4-5-11(9)12-7-20-13(8-19-12)21-18-2/h4-8,18H,3H2,1-2H3,(H,20,21). The summed E-state index contributed by atoms with van der Waals surface area (Å²) in [5.41, 5.74) is 7.50. The first-order valence-electron chi connectivity index (χ1n) is 6.56. The predicted octanol–water partition coefficient (Wildman–Crippen LogP) is 3.15. The first kappa shape index (κ1) is 16.0. The van der Waals surface area contributed by atoms with Gasteiger partial charge in [-0.25, -0.2) is 10.4 Å². The molecule has 2 aromatic rings. The number of hydrogen-bond donors (Lipinski definition) is 2. The van der Waals surface area contributed by atoms with Gasteiger partial charge in [-0.3, -0.25) is 4.98 Å². The summed E-state index contributed by atoms with van der Waals surface area (Å²) in [7, 11) is 1.70. The number of hydrazine groups is 1. The average molecular weight is 312 g/mol. The number of benzene rings is 1. The first-order chi connectivity index (χ1) is 10.4. The summed E-state index contributed by atoms with van der Waals surface area (Å²) in [4.78, 5) is 8.41. The fourth-order valence-electron chi connectivity index (χ4n) is 1.97. The van der Waals surface area contributed by atoms with Gasteiger partial charge < -0.3 is 10.2 Å². The normalized spacial score (nSPS) is 11.3. The van der Waals surface area contributed by atoms with E-state index in [0.29, 0.717) is 23.5 Å². The fraction of sp³-hybridized carbons (Fsp3) is 0.286. The second-order valence-corrected chi connectivity index (χ2v) is 4.38. The van der Waals surface area contributed by atoms with Gasteiger partial charge in [-0.1, -0.05) is 6.92 Å². The quantitative estimate of drug-likeness (QED) is 0.831. The van der Waals surface area contributed by atoms with E-state index in [1.807, 2.05) is 6.92 Å². The highest BCUT2D eigenvalue weighted by molar-refractivity contribution is 5.64. The molecule has 22 heavy (non-hydrogen) atoms. The Labute approximate surface area is 125 Å². The lowest BCUT2D eigenvalue weighted by Crippen LogP contribution is -2.17. The summed E-state index contributed by atoms with van der Waals surface area (Å²) < 4.78 is 40.7. The lowest BCUT2D eigenvalue weighted by Gasteiger charge is -2.13. The van der Waals surface area contributed by atoms with Crippen molar-refractivity contribution >= 4 is 5.82 Å². The molecule has 0 spiro atoms. The maximum absolute atomic E-state index is 12.3. The molecule has 0 bridgehead atoms. The third-order valence-corrected chi connectivity index (χ3v) is 2.87. The van der Waals surface area contributed by atoms with Gasteiger partial charge in [-0.15, -0.1) is 13.2 Å². The zero-order chi connectivity index (χ0) is 16.2. The smallest absolute Gasteiger partial charge is 0.406 e. The van der Waals surface area contributed by atoms with Crippen molar-refractivity contribution in [1.29, 1.82) is 0 Å². The molecule has 0 aliphatic rings. The molecule has 5 nitrogen and oxygen atoms in total. The van der Waals surface area contributed by atoms with Gasteiger partial charge >= 0.3 is 6.36 Å². The van der Waals surface area contributed by atoms with Crippen molar-refractivity contribution in [3.05, 3.63) is 36.2 Å². The third kappa shape index (κ3) is 4.08. The highest BCUT2D eigenvalue weighted by Crippen LogP contribution is 2.29. The van der Waals surface area contributed by atoms with E-state index in [4.69, 9.17) is 0 Å². The molecule has 1 heterocycles. The molecule has 0 saturated carbocycles. The van der Waals surface area contributed by atoms with Crippen LogP contribution in [0.1, 0.15) is 12.5 Å². The van der Waals surface area contributed by atoms with E-state index in [-0.39, 0.29) is 5.75 Å². The van der Waals surface area contributed by atoms with Gasteiger partial charge in [0, 0.05) is 12.6 Å². The summed E-state index contributed by atoms with van der Waals surface area (Å²) in [6, 6.07) is 4.18. The number of nitrogens with one attached hydrogen (secondary N) is 2. The molecule has 0 amide bonds. The Morgan fingerprint density at radius 1 is 1.18 bits per heavy atom. The number of nitrogens with zero attached hydrogens (tertiary/aromatic N) is 2. The van der Waals surface area contributed by atoms with E-state index in [1.54, 1.807) is 19.3 Å². The van der Waals surface area contributed by atoms with E-state index in [2.05, 4.69) is 25.6 Å². The van der Waals surface area contributed by atoms with Crippen molar-refractivity contribution in [3.63, 3.8) is 0 Å². The number of anilines is 1. The molecule has 2 N–H and O–H groups in total. The second kappa shape index (κ2) is 6.61. The number of aryl methyl sites for hydroxylation is 1. The Morgan fingerprint density at radius 2 is 1.95 bits per heavy atom. The molecule has 0 fully saturated rings. The van der Waals surface area contributed by atoms with Gasteiger partial charge in [0.2, 0.25) is 0 Å². The maximum atomic E-state index is 12.3. The zero-order valence-corrected chi connectivity index (χ0v) is 12.0. The predicted molar refractivity (Wildman–Crippen MR) is 76.2 cm³/mol. The van der Waals surface area contributed by atoms with E-state index in [0.717, 1.165) is 5.56 Å². The lowest BCUT2D eigenvalue weighted by atomic mass is 10.0. The number of hydrogen-bond acceptors (Lipinski definition) is 5. The van der Waals surface area contributed by atoms with E-state index in [1.165, 1.54) is 18.3 Å². The van der Waals surface area contributed by atoms with Gasteiger partial charge in [-0.05, 0) is 30.2 Å². The van der Waals surface area contributed by atoms with Crippen molar-refractivity contribution in [2.75, 3.05) is 12.5 Å². The molecule has 1 aromatic heterocycles. The monoisotopic (exact) mass is 312 g/mol. The summed E-state index contributed by atoms with van der Waals surface area (Å²) in [6.07, 6.45) is -1.07. The Bertz CT molecular complexity index is 629. The summed E-state index contributed by atoms with van der Waals surface area (Å²) >= 11 is 0. The van der Waals surface area contributed by atoms with Gasteiger partial charge in [-0.2, -0.15) is 0 Å². The molecule has 0 aliphatic carbocycles. The third-order valence-electron chi connectivity index (χ3n) is 2.87. The lowest BCUT2D eigenvalue weighted by molar-refractivity contribution is -0.274. The highest BCUT2D eigenvalue weighted by atomic mass is 19.4. The molecule has 0 aliphatic heterocycles. The van der Waals surface area contributed by atoms with Crippen molar-refractivity contribution in [2.24, 2.45) is 0 Å². The number of aromatic nitrogens is 2. The summed E-state index contributed by atoms with van der Waals surface area (Å²) in [6.45, 7) is 1.85. The van der Waals surface area contributed by atoms with Crippen LogP contribution in [0, 0.1) is 0 Å². The number of rotatable bonds is 5. The molecule has 0 atom stereocenters. The van der Waals surface area contributed by atoms with Crippen LogP contribution in [0.25, 0.3) is 11.3 Å². The van der Waals surface area contributed by atoms with Crippen molar-refractivity contribution in [2.45, 2.75) is 19.7 Å². The zero-order valence-electron chi connectivity index (χ0n) is 12.0. The van der Waals surface area contributed by atoms with Crippen molar-refractivity contribution < 1.29 is 17.9 Å². The van der Waals surface area contributed by atoms with Gasteiger partial charge in [0.15, 0.2) is 5.82 Å². The second-order valence-electron chi connectivity index (χ2n) is 4.38. The molecule has 8 heteroatoms. The van der Waals surface area contributed by atoms with E-state index in [9.17, 15) is 13.2 Å². The number of alkyl halides is 3. The molecular formula is C14H15F3N4O. The van der Waals surface area contributed by atoms with Crippen LogP contribution < -0.4 is 15.6 Å². The molecule has 0 radical (unpaired) electrons. The SMILES string of the molecule is CCc1cc(OC(F)(F)F)ccc1-c1cnc(NNC)cn1. The van der Waals surface area contributed by atoms with Gasteiger partial charge in [0.05, 0.1) is 18.1 Å². The van der Waals surface area contributed by atoms with Crippen LogP contribution >= 0.6 is 0 Å². The van der Waals surface area contributed by atoms with Gasteiger partial charge in [0.1, 0.15) is 5.75 Å². The fourth-order valence-corrected chi connectivity index (χ4v) is 1.97. The van der Waals surface area contributed by atoms with Gasteiger partial charge in [0.25, 0.3) is 0 Å². The van der Waals surface area contributed by atoms with E-state index < -0.39 is 6.36 Å². The number of halogens is 3. The maximum Gasteiger partial charge on any atom is 0.573 e. The number of ether oxygens (including phenoxy) is 1.